The zero-order chi connectivity index (χ0) is 15.6. The van der Waals surface area contributed by atoms with Gasteiger partial charge in [0.1, 0.15) is 5.82 Å². The van der Waals surface area contributed by atoms with E-state index in [0.29, 0.717) is 5.16 Å². The molecule has 1 aliphatic rings. The highest BCUT2D eigenvalue weighted by molar-refractivity contribution is 8.00. The highest BCUT2D eigenvalue weighted by Gasteiger charge is 2.26. The molecule has 118 valence electrons. The van der Waals surface area contributed by atoms with Gasteiger partial charge in [-0.15, -0.1) is 5.10 Å². The normalized spacial score (nSPS) is 18.8. The van der Waals surface area contributed by atoms with E-state index in [4.69, 9.17) is 0 Å². The van der Waals surface area contributed by atoms with Crippen molar-refractivity contribution in [2.24, 2.45) is 5.92 Å². The third kappa shape index (κ3) is 4.22. The fourth-order valence-electron chi connectivity index (χ4n) is 2.33. The Morgan fingerprint density at radius 3 is 2.52 bits per heavy atom. The molecule has 1 aliphatic heterocycles. The molecule has 1 amide bonds. The van der Waals surface area contributed by atoms with E-state index in [9.17, 15) is 4.79 Å². The lowest BCUT2D eigenvalue weighted by atomic mass is 9.96. The molecule has 0 aromatic carbocycles. The van der Waals surface area contributed by atoms with E-state index >= 15 is 0 Å². The smallest absolute Gasteiger partial charge is 0.235 e. The van der Waals surface area contributed by atoms with Gasteiger partial charge in [0.05, 0.1) is 5.25 Å². The largest absolute Gasteiger partial charge is 0.342 e. The van der Waals surface area contributed by atoms with Crippen LogP contribution in [0.3, 0.4) is 0 Å². The fourth-order valence-corrected chi connectivity index (χ4v) is 3.14. The zero-order valence-corrected chi connectivity index (χ0v) is 14.5. The van der Waals surface area contributed by atoms with E-state index in [2.05, 4.69) is 42.9 Å². The maximum Gasteiger partial charge on any atom is 0.235 e. The maximum atomic E-state index is 12.5. The number of hydrogen-bond acceptors (Lipinski definition) is 4. The monoisotopic (exact) mass is 310 g/mol. The molecule has 1 N–H and O–H groups in total. The topological polar surface area (TPSA) is 61.9 Å². The Balaban J connectivity index is 1.93. The molecule has 0 radical (unpaired) electrons. The van der Waals surface area contributed by atoms with Crippen molar-refractivity contribution >= 4 is 17.7 Å². The number of carbonyl (C=O) groups excluding carboxylic acids is 1. The maximum absolute atomic E-state index is 12.5. The molecule has 21 heavy (non-hydrogen) atoms. The fraction of sp³-hybridized carbons (Fsp3) is 0.800. The Hall–Kier alpha value is -1.04. The molecule has 6 heteroatoms. The first kappa shape index (κ1) is 16.3. The van der Waals surface area contributed by atoms with E-state index in [1.54, 1.807) is 0 Å². The minimum Gasteiger partial charge on any atom is -0.342 e. The van der Waals surface area contributed by atoms with E-state index in [1.807, 2.05) is 11.8 Å². The van der Waals surface area contributed by atoms with Crippen molar-refractivity contribution in [3.8, 4) is 0 Å². The van der Waals surface area contributed by atoms with E-state index in [1.165, 1.54) is 11.8 Å². The molecular weight excluding hydrogens is 284 g/mol. The number of nitrogens with zero attached hydrogens (tertiary/aromatic N) is 3. The number of likely N-dealkylation sites (tertiary alicyclic amines) is 1. The highest BCUT2D eigenvalue weighted by atomic mass is 32.2. The first-order valence-corrected chi connectivity index (χ1v) is 8.53. The number of aromatic nitrogens is 3. The van der Waals surface area contributed by atoms with E-state index in [0.717, 1.165) is 37.7 Å². The van der Waals surface area contributed by atoms with Crippen molar-refractivity contribution in [1.29, 1.82) is 0 Å². The molecule has 5 nitrogen and oxygen atoms in total. The van der Waals surface area contributed by atoms with Crippen LogP contribution in [-0.2, 0) is 10.2 Å². The summed E-state index contributed by atoms with van der Waals surface area (Å²) in [4.78, 5) is 18.9. The van der Waals surface area contributed by atoms with E-state index in [-0.39, 0.29) is 16.6 Å². The molecule has 0 saturated carbocycles. The summed E-state index contributed by atoms with van der Waals surface area (Å²) in [7, 11) is 0. The van der Waals surface area contributed by atoms with Gasteiger partial charge in [0.2, 0.25) is 11.1 Å². The van der Waals surface area contributed by atoms with Gasteiger partial charge in [-0.25, -0.2) is 4.98 Å². The molecule has 2 rings (SSSR count). The van der Waals surface area contributed by atoms with Gasteiger partial charge in [-0.05, 0) is 25.7 Å². The summed E-state index contributed by atoms with van der Waals surface area (Å²) in [6, 6.07) is 0. The third-order valence-electron chi connectivity index (χ3n) is 3.90. The van der Waals surface area contributed by atoms with Crippen LogP contribution in [0.2, 0.25) is 0 Å². The molecule has 1 aromatic rings. The molecular formula is C15H26N4OS. The van der Waals surface area contributed by atoms with Gasteiger partial charge in [0.15, 0.2) is 0 Å². The summed E-state index contributed by atoms with van der Waals surface area (Å²) in [5, 5.41) is 7.71. The van der Waals surface area contributed by atoms with Crippen LogP contribution >= 0.6 is 11.8 Å². The average Bonchev–Trinajstić information content (AvgIpc) is 2.87. The van der Waals surface area contributed by atoms with Gasteiger partial charge in [0, 0.05) is 18.5 Å². The van der Waals surface area contributed by atoms with Gasteiger partial charge in [-0.1, -0.05) is 39.5 Å². The molecule has 1 aromatic heterocycles. The summed E-state index contributed by atoms with van der Waals surface area (Å²) < 4.78 is 0. The Kier molecular flexibility index (Phi) is 4.96. The number of amides is 1. The second-order valence-electron chi connectivity index (χ2n) is 6.98. The van der Waals surface area contributed by atoms with Crippen molar-refractivity contribution in [2.45, 2.75) is 63.3 Å². The quantitative estimate of drug-likeness (QED) is 0.872. The van der Waals surface area contributed by atoms with Crippen LogP contribution in [0.4, 0.5) is 0 Å². The van der Waals surface area contributed by atoms with Gasteiger partial charge < -0.3 is 4.90 Å². The van der Waals surface area contributed by atoms with Crippen LogP contribution in [0.15, 0.2) is 5.16 Å². The van der Waals surface area contributed by atoms with Crippen LogP contribution in [0.1, 0.15) is 53.3 Å². The van der Waals surface area contributed by atoms with Crippen molar-refractivity contribution in [2.75, 3.05) is 13.1 Å². The van der Waals surface area contributed by atoms with Crippen molar-refractivity contribution in [1.82, 2.24) is 20.1 Å². The Morgan fingerprint density at radius 1 is 1.38 bits per heavy atom. The molecule has 0 bridgehead atoms. The summed E-state index contributed by atoms with van der Waals surface area (Å²) in [6.07, 6.45) is 2.22. The average molecular weight is 310 g/mol. The highest BCUT2D eigenvalue weighted by Crippen LogP contribution is 2.26. The summed E-state index contributed by atoms with van der Waals surface area (Å²) in [6.45, 7) is 12.2. The predicted octanol–water partition coefficient (Wildman–Crippen LogP) is 2.84. The molecule has 0 spiro atoms. The van der Waals surface area contributed by atoms with Gasteiger partial charge >= 0.3 is 0 Å². The Labute approximate surface area is 131 Å². The lowest BCUT2D eigenvalue weighted by Gasteiger charge is -2.31. The number of carbonyl (C=O) groups is 1. The van der Waals surface area contributed by atoms with Crippen molar-refractivity contribution in [3.05, 3.63) is 5.82 Å². The SMILES string of the molecule is CC1CCN(C(=O)C(C)Sc2n[nH]c(C(C)(C)C)n2)CC1. The van der Waals surface area contributed by atoms with Gasteiger partial charge in [0.25, 0.3) is 0 Å². The molecule has 1 atom stereocenters. The van der Waals surface area contributed by atoms with Gasteiger partial charge in [-0.2, -0.15) is 0 Å². The summed E-state index contributed by atoms with van der Waals surface area (Å²) >= 11 is 1.44. The number of nitrogens with one attached hydrogen (secondary N) is 1. The standard InChI is InChI=1S/C15H26N4OS/c1-10-6-8-19(9-7-10)12(20)11(2)21-14-16-13(17-18-14)15(3,4)5/h10-11H,6-9H2,1-5H3,(H,16,17,18). The molecule has 1 saturated heterocycles. The minimum atomic E-state index is -0.137. The number of hydrogen-bond donors (Lipinski definition) is 1. The zero-order valence-electron chi connectivity index (χ0n) is 13.6. The van der Waals surface area contributed by atoms with Crippen molar-refractivity contribution < 1.29 is 4.79 Å². The van der Waals surface area contributed by atoms with Crippen LogP contribution in [0, 0.1) is 5.92 Å². The predicted molar refractivity (Wildman–Crippen MR) is 85.4 cm³/mol. The van der Waals surface area contributed by atoms with Crippen molar-refractivity contribution in [3.63, 3.8) is 0 Å². The van der Waals surface area contributed by atoms with Gasteiger partial charge in [-0.3, -0.25) is 9.89 Å². The van der Waals surface area contributed by atoms with Crippen LogP contribution in [0.25, 0.3) is 0 Å². The molecule has 2 heterocycles. The van der Waals surface area contributed by atoms with Crippen LogP contribution in [-0.4, -0.2) is 44.3 Å². The number of rotatable bonds is 3. The second-order valence-corrected chi connectivity index (χ2v) is 8.29. The Morgan fingerprint density at radius 2 is 2.00 bits per heavy atom. The molecule has 0 aliphatic carbocycles. The lowest BCUT2D eigenvalue weighted by molar-refractivity contribution is -0.131. The lowest BCUT2D eigenvalue weighted by Crippen LogP contribution is -2.41. The minimum absolute atomic E-state index is 0.0535. The number of H-pyrrole nitrogens is 1. The first-order chi connectivity index (χ1) is 9.77. The number of thioether (sulfide) groups is 1. The first-order valence-electron chi connectivity index (χ1n) is 7.65. The summed E-state index contributed by atoms with van der Waals surface area (Å²) in [5.74, 6) is 1.80. The second kappa shape index (κ2) is 6.38. The molecule has 1 fully saturated rings. The molecule has 1 unspecified atom stereocenters. The van der Waals surface area contributed by atoms with Crippen LogP contribution in [0.5, 0.6) is 0 Å². The van der Waals surface area contributed by atoms with E-state index < -0.39 is 0 Å². The number of aromatic amines is 1. The third-order valence-corrected chi connectivity index (χ3v) is 4.85. The Bertz CT molecular complexity index is 486. The summed E-state index contributed by atoms with van der Waals surface area (Å²) in [5.41, 5.74) is -0.0535. The van der Waals surface area contributed by atoms with Crippen LogP contribution < -0.4 is 0 Å². The number of piperidine rings is 1.